The van der Waals surface area contributed by atoms with Crippen LogP contribution in [0.15, 0.2) is 47.8 Å². The summed E-state index contributed by atoms with van der Waals surface area (Å²) in [6, 6.07) is 12.9. The number of ether oxygens (including phenoxy) is 2. The maximum absolute atomic E-state index is 12.8. The maximum atomic E-state index is 12.8. The summed E-state index contributed by atoms with van der Waals surface area (Å²) in [6.45, 7) is 6.80. The van der Waals surface area contributed by atoms with Crippen LogP contribution < -0.4 is 14.8 Å². The fourth-order valence-electron chi connectivity index (χ4n) is 2.69. The topological polar surface area (TPSA) is 60.5 Å². The molecule has 0 bridgehead atoms. The number of amides is 1. The zero-order chi connectivity index (χ0) is 19.2. The summed E-state index contributed by atoms with van der Waals surface area (Å²) >= 11 is 1.58. The van der Waals surface area contributed by atoms with Gasteiger partial charge in [0.1, 0.15) is 0 Å². The molecule has 140 valence electrons. The molecular weight excluding hydrogens is 360 g/mol. The van der Waals surface area contributed by atoms with E-state index in [0.29, 0.717) is 30.3 Å². The Morgan fingerprint density at radius 3 is 2.52 bits per heavy atom. The summed E-state index contributed by atoms with van der Waals surface area (Å²) in [5, 5.41) is 5.96. The highest BCUT2D eigenvalue weighted by Gasteiger charge is 2.14. The van der Waals surface area contributed by atoms with Crippen LogP contribution in [0.1, 0.15) is 29.2 Å². The van der Waals surface area contributed by atoms with Crippen molar-refractivity contribution in [1.82, 2.24) is 4.98 Å². The molecule has 2 aromatic carbocycles. The third kappa shape index (κ3) is 4.46. The van der Waals surface area contributed by atoms with Gasteiger partial charge in [-0.15, -0.1) is 11.3 Å². The summed E-state index contributed by atoms with van der Waals surface area (Å²) in [5.74, 6) is 0.989. The van der Waals surface area contributed by atoms with Gasteiger partial charge in [0.25, 0.3) is 5.91 Å². The molecular formula is C21H22N2O3S. The molecule has 0 saturated heterocycles. The monoisotopic (exact) mass is 382 g/mol. The number of nitrogens with one attached hydrogen (secondary N) is 1. The first-order valence-electron chi connectivity index (χ1n) is 8.85. The largest absolute Gasteiger partial charge is 0.490 e. The highest BCUT2D eigenvalue weighted by molar-refractivity contribution is 7.09. The molecule has 1 heterocycles. The molecule has 27 heavy (non-hydrogen) atoms. The number of anilines is 1. The van der Waals surface area contributed by atoms with Crippen molar-refractivity contribution in [3.63, 3.8) is 0 Å². The molecule has 3 aromatic rings. The zero-order valence-electron chi connectivity index (χ0n) is 15.6. The fraction of sp³-hybridized carbons (Fsp3) is 0.238. The number of carbonyl (C=O) groups excluding carboxylic acids is 1. The Bertz CT molecular complexity index is 937. The first-order chi connectivity index (χ1) is 13.1. The molecule has 0 aliphatic rings. The van der Waals surface area contributed by atoms with E-state index in [4.69, 9.17) is 9.47 Å². The Hall–Kier alpha value is -2.86. The van der Waals surface area contributed by atoms with E-state index in [1.807, 2.05) is 50.4 Å². The van der Waals surface area contributed by atoms with Gasteiger partial charge in [-0.25, -0.2) is 4.98 Å². The van der Waals surface area contributed by atoms with Crippen molar-refractivity contribution in [3.05, 3.63) is 58.4 Å². The van der Waals surface area contributed by atoms with Gasteiger partial charge >= 0.3 is 0 Å². The molecule has 0 fully saturated rings. The quantitative estimate of drug-likeness (QED) is 0.612. The molecule has 1 amide bonds. The molecule has 1 N–H and O–H groups in total. The molecule has 0 aliphatic heterocycles. The number of aryl methyl sites for hydroxylation is 1. The number of rotatable bonds is 7. The summed E-state index contributed by atoms with van der Waals surface area (Å²) < 4.78 is 11.2. The van der Waals surface area contributed by atoms with E-state index >= 15 is 0 Å². The number of hydrogen-bond donors (Lipinski definition) is 1. The van der Waals surface area contributed by atoms with Crippen LogP contribution in [-0.4, -0.2) is 24.1 Å². The standard InChI is InChI=1S/C21H22N2O3S/c1-4-25-19-11-10-15(12-20(19)26-5-2)21(24)23-17-9-7-6-8-16(17)18-13-27-14(3)22-18/h6-13H,4-5H2,1-3H3,(H,23,24). The normalized spacial score (nSPS) is 10.5. The van der Waals surface area contributed by atoms with Crippen LogP contribution in [0.2, 0.25) is 0 Å². The molecule has 0 spiro atoms. The number of nitrogens with zero attached hydrogens (tertiary/aromatic N) is 1. The first kappa shape index (κ1) is 18.9. The SMILES string of the molecule is CCOc1ccc(C(=O)Nc2ccccc2-c2csc(C)n2)cc1OCC. The van der Waals surface area contributed by atoms with Gasteiger partial charge in [0.05, 0.1) is 29.6 Å². The Balaban J connectivity index is 1.87. The van der Waals surface area contributed by atoms with Crippen LogP contribution in [0.25, 0.3) is 11.3 Å². The molecule has 0 atom stereocenters. The molecule has 6 heteroatoms. The Morgan fingerprint density at radius 2 is 1.81 bits per heavy atom. The second kappa shape index (κ2) is 8.68. The van der Waals surface area contributed by atoms with Crippen molar-refractivity contribution >= 4 is 22.9 Å². The van der Waals surface area contributed by atoms with E-state index in [0.717, 1.165) is 22.0 Å². The average Bonchev–Trinajstić information content (AvgIpc) is 3.10. The van der Waals surface area contributed by atoms with Gasteiger partial charge in [0.15, 0.2) is 11.5 Å². The summed E-state index contributed by atoms with van der Waals surface area (Å²) in [6.07, 6.45) is 0. The van der Waals surface area contributed by atoms with Gasteiger partial charge in [0.2, 0.25) is 0 Å². The third-order valence-corrected chi connectivity index (χ3v) is 4.65. The van der Waals surface area contributed by atoms with Crippen LogP contribution in [0.3, 0.4) is 0 Å². The average molecular weight is 382 g/mol. The van der Waals surface area contributed by atoms with Crippen molar-refractivity contribution in [2.24, 2.45) is 0 Å². The molecule has 0 aliphatic carbocycles. The number of benzene rings is 2. The first-order valence-corrected chi connectivity index (χ1v) is 9.72. The minimum absolute atomic E-state index is 0.210. The lowest BCUT2D eigenvalue weighted by molar-refractivity contribution is 0.102. The molecule has 5 nitrogen and oxygen atoms in total. The minimum atomic E-state index is -0.210. The van der Waals surface area contributed by atoms with Crippen LogP contribution in [0.5, 0.6) is 11.5 Å². The maximum Gasteiger partial charge on any atom is 0.255 e. The van der Waals surface area contributed by atoms with Crippen molar-refractivity contribution < 1.29 is 14.3 Å². The van der Waals surface area contributed by atoms with Gasteiger partial charge in [0, 0.05) is 16.5 Å². The predicted octanol–water partition coefficient (Wildman–Crippen LogP) is 5.17. The van der Waals surface area contributed by atoms with E-state index in [-0.39, 0.29) is 5.91 Å². The highest BCUT2D eigenvalue weighted by atomic mass is 32.1. The Labute approximate surface area is 163 Å². The Kier molecular flexibility index (Phi) is 6.08. The van der Waals surface area contributed by atoms with Crippen molar-refractivity contribution in [1.29, 1.82) is 0 Å². The lowest BCUT2D eigenvalue weighted by Crippen LogP contribution is -2.13. The van der Waals surface area contributed by atoms with E-state index < -0.39 is 0 Å². The van der Waals surface area contributed by atoms with Gasteiger partial charge < -0.3 is 14.8 Å². The highest BCUT2D eigenvalue weighted by Crippen LogP contribution is 2.31. The minimum Gasteiger partial charge on any atom is -0.490 e. The summed E-state index contributed by atoms with van der Waals surface area (Å²) in [4.78, 5) is 17.3. The molecule has 0 radical (unpaired) electrons. The van der Waals surface area contributed by atoms with E-state index in [1.165, 1.54) is 0 Å². The second-order valence-electron chi connectivity index (χ2n) is 5.78. The molecule has 0 saturated carbocycles. The van der Waals surface area contributed by atoms with E-state index in [9.17, 15) is 4.79 Å². The van der Waals surface area contributed by atoms with E-state index in [2.05, 4.69) is 10.3 Å². The smallest absolute Gasteiger partial charge is 0.255 e. The number of thiazole rings is 1. The number of carbonyl (C=O) groups is 1. The van der Waals surface area contributed by atoms with Gasteiger partial charge in [-0.1, -0.05) is 18.2 Å². The Morgan fingerprint density at radius 1 is 1.07 bits per heavy atom. The van der Waals surface area contributed by atoms with Gasteiger partial charge in [-0.3, -0.25) is 4.79 Å². The molecule has 1 aromatic heterocycles. The zero-order valence-corrected chi connectivity index (χ0v) is 16.4. The third-order valence-electron chi connectivity index (χ3n) is 3.88. The van der Waals surface area contributed by atoms with Crippen LogP contribution >= 0.6 is 11.3 Å². The number of hydrogen-bond acceptors (Lipinski definition) is 5. The lowest BCUT2D eigenvalue weighted by Gasteiger charge is -2.13. The number of aromatic nitrogens is 1. The second-order valence-corrected chi connectivity index (χ2v) is 6.84. The van der Waals surface area contributed by atoms with Gasteiger partial charge in [-0.2, -0.15) is 0 Å². The van der Waals surface area contributed by atoms with Crippen LogP contribution in [-0.2, 0) is 0 Å². The van der Waals surface area contributed by atoms with Crippen molar-refractivity contribution in [3.8, 4) is 22.8 Å². The van der Waals surface area contributed by atoms with Crippen molar-refractivity contribution in [2.75, 3.05) is 18.5 Å². The lowest BCUT2D eigenvalue weighted by atomic mass is 10.1. The predicted molar refractivity (Wildman–Crippen MR) is 109 cm³/mol. The van der Waals surface area contributed by atoms with Crippen LogP contribution in [0, 0.1) is 6.92 Å². The van der Waals surface area contributed by atoms with Crippen LogP contribution in [0.4, 0.5) is 5.69 Å². The summed E-state index contributed by atoms with van der Waals surface area (Å²) in [7, 11) is 0. The van der Waals surface area contributed by atoms with Crippen molar-refractivity contribution in [2.45, 2.75) is 20.8 Å². The van der Waals surface area contributed by atoms with Gasteiger partial charge in [-0.05, 0) is 45.0 Å². The summed E-state index contributed by atoms with van der Waals surface area (Å²) in [5.41, 5.74) is 2.98. The molecule has 0 unspecified atom stereocenters. The molecule has 3 rings (SSSR count). The fourth-order valence-corrected chi connectivity index (χ4v) is 3.30. The number of para-hydroxylation sites is 1. The van der Waals surface area contributed by atoms with E-state index in [1.54, 1.807) is 29.5 Å².